The monoisotopic (exact) mass is 460 g/mol. The molecule has 110 valence electrons. The number of carbonyl (C=O) groups is 1. The number of rotatable bonds is 6. The number of halogens is 2. The van der Waals surface area contributed by atoms with Gasteiger partial charge in [-0.2, -0.15) is 0 Å². The average Bonchev–Trinajstić information content (AvgIpc) is 2.49. The van der Waals surface area contributed by atoms with Crippen LogP contribution in [0.5, 0.6) is 11.5 Å². The first-order chi connectivity index (χ1) is 10.1. The van der Waals surface area contributed by atoms with Crippen LogP contribution in [0.15, 0.2) is 40.9 Å². The van der Waals surface area contributed by atoms with Gasteiger partial charge in [0.1, 0.15) is 6.61 Å². The van der Waals surface area contributed by atoms with E-state index in [1.807, 2.05) is 31.2 Å². The summed E-state index contributed by atoms with van der Waals surface area (Å²) < 4.78 is 13.2. The van der Waals surface area contributed by atoms with Crippen LogP contribution in [0.4, 0.5) is 0 Å². The van der Waals surface area contributed by atoms with Crippen LogP contribution in [0, 0.1) is 3.57 Å². The van der Waals surface area contributed by atoms with E-state index in [0.717, 1.165) is 11.8 Å². The first kappa shape index (κ1) is 16.3. The van der Waals surface area contributed by atoms with Crippen molar-refractivity contribution in [2.24, 2.45) is 0 Å². The Morgan fingerprint density at radius 3 is 2.43 bits per heavy atom. The van der Waals surface area contributed by atoms with Gasteiger partial charge in [-0.25, -0.2) is 0 Å². The molecule has 2 aromatic carbocycles. The van der Waals surface area contributed by atoms with Crippen LogP contribution in [0.3, 0.4) is 0 Å². The minimum atomic E-state index is 0.448. The molecule has 2 aromatic rings. The molecule has 2 rings (SSSR count). The fourth-order valence-electron chi connectivity index (χ4n) is 1.76. The van der Waals surface area contributed by atoms with E-state index in [4.69, 9.17) is 9.47 Å². The Labute approximate surface area is 145 Å². The molecule has 0 radical (unpaired) electrons. The first-order valence-corrected chi connectivity index (χ1v) is 8.30. The molecular weight excluding hydrogens is 447 g/mol. The number of hydrogen-bond acceptors (Lipinski definition) is 3. The molecule has 0 N–H and O–H groups in total. The van der Waals surface area contributed by atoms with Crippen molar-refractivity contribution in [3.63, 3.8) is 0 Å². The van der Waals surface area contributed by atoms with Crippen LogP contribution in [-0.2, 0) is 6.61 Å². The van der Waals surface area contributed by atoms with Crippen LogP contribution >= 0.6 is 38.5 Å². The summed E-state index contributed by atoms with van der Waals surface area (Å²) in [6.07, 6.45) is 0.787. The number of carbonyl (C=O) groups excluding carboxylic acids is 1. The molecule has 0 fully saturated rings. The van der Waals surface area contributed by atoms with Gasteiger partial charge in [0.15, 0.2) is 17.8 Å². The van der Waals surface area contributed by atoms with Crippen LogP contribution in [-0.4, -0.2) is 12.9 Å². The van der Waals surface area contributed by atoms with E-state index < -0.39 is 0 Å². The summed E-state index contributed by atoms with van der Waals surface area (Å²) in [7, 11) is 0. The van der Waals surface area contributed by atoms with Gasteiger partial charge < -0.3 is 9.47 Å². The molecular formula is C16H14BrIO3. The lowest BCUT2D eigenvalue weighted by molar-refractivity contribution is 0.112. The normalized spacial score (nSPS) is 10.2. The van der Waals surface area contributed by atoms with Crippen molar-refractivity contribution >= 4 is 44.8 Å². The van der Waals surface area contributed by atoms with Gasteiger partial charge in [-0.1, -0.05) is 12.1 Å². The quantitative estimate of drug-likeness (QED) is 0.457. The zero-order valence-electron chi connectivity index (χ0n) is 11.4. The molecule has 0 aliphatic heterocycles. The predicted octanol–water partition coefficient (Wildman–Crippen LogP) is 4.84. The topological polar surface area (TPSA) is 35.5 Å². The van der Waals surface area contributed by atoms with Crippen LogP contribution < -0.4 is 9.47 Å². The zero-order valence-corrected chi connectivity index (χ0v) is 15.2. The molecule has 0 amide bonds. The SMILES string of the molecule is CCOc1cc(C=O)c(Br)cc1OCc1ccc(I)cc1. The van der Waals surface area contributed by atoms with Crippen molar-refractivity contribution in [2.75, 3.05) is 6.61 Å². The molecule has 0 saturated carbocycles. The molecule has 0 aliphatic carbocycles. The Balaban J connectivity index is 2.19. The molecule has 0 atom stereocenters. The largest absolute Gasteiger partial charge is 0.490 e. The highest BCUT2D eigenvalue weighted by molar-refractivity contribution is 14.1. The van der Waals surface area contributed by atoms with Gasteiger partial charge in [0.25, 0.3) is 0 Å². The highest BCUT2D eigenvalue weighted by Crippen LogP contribution is 2.33. The molecule has 0 bridgehead atoms. The van der Waals surface area contributed by atoms with Crippen molar-refractivity contribution in [3.05, 3.63) is 55.6 Å². The Hall–Kier alpha value is -1.08. The van der Waals surface area contributed by atoms with Crippen molar-refractivity contribution in [1.82, 2.24) is 0 Å². The summed E-state index contributed by atoms with van der Waals surface area (Å²) in [5.74, 6) is 1.20. The molecule has 3 nitrogen and oxygen atoms in total. The molecule has 0 unspecified atom stereocenters. The fourth-order valence-corrected chi connectivity index (χ4v) is 2.54. The second kappa shape index (κ2) is 7.79. The van der Waals surface area contributed by atoms with Gasteiger partial charge in [-0.15, -0.1) is 0 Å². The van der Waals surface area contributed by atoms with E-state index in [1.165, 1.54) is 3.57 Å². The van der Waals surface area contributed by atoms with Gasteiger partial charge in [0, 0.05) is 13.6 Å². The van der Waals surface area contributed by atoms with Crippen molar-refractivity contribution in [1.29, 1.82) is 0 Å². The Morgan fingerprint density at radius 1 is 1.14 bits per heavy atom. The van der Waals surface area contributed by atoms with E-state index in [1.54, 1.807) is 12.1 Å². The molecule has 0 heterocycles. The van der Waals surface area contributed by atoms with Gasteiger partial charge in [0.2, 0.25) is 0 Å². The lowest BCUT2D eigenvalue weighted by Crippen LogP contribution is -2.01. The molecule has 0 spiro atoms. The summed E-state index contributed by atoms with van der Waals surface area (Å²) in [6, 6.07) is 11.6. The molecule has 0 aromatic heterocycles. The predicted molar refractivity (Wildman–Crippen MR) is 94.2 cm³/mol. The molecule has 0 aliphatic rings. The highest BCUT2D eigenvalue weighted by Gasteiger charge is 2.10. The molecule has 0 saturated heterocycles. The van der Waals surface area contributed by atoms with Gasteiger partial charge in [-0.05, 0) is 75.3 Å². The van der Waals surface area contributed by atoms with Crippen molar-refractivity contribution in [3.8, 4) is 11.5 Å². The lowest BCUT2D eigenvalue weighted by Gasteiger charge is -2.13. The number of aldehydes is 1. The fraction of sp³-hybridized carbons (Fsp3) is 0.188. The van der Waals surface area contributed by atoms with Crippen molar-refractivity contribution < 1.29 is 14.3 Å². The average molecular weight is 461 g/mol. The van der Waals surface area contributed by atoms with Gasteiger partial charge >= 0.3 is 0 Å². The zero-order chi connectivity index (χ0) is 15.2. The summed E-state index contributed by atoms with van der Waals surface area (Å²) in [5.41, 5.74) is 1.62. The second-order valence-electron chi connectivity index (χ2n) is 4.29. The van der Waals surface area contributed by atoms with E-state index in [2.05, 4.69) is 38.5 Å². The summed E-state index contributed by atoms with van der Waals surface area (Å²) in [4.78, 5) is 11.0. The third-order valence-corrected chi connectivity index (χ3v) is 4.20. The third-order valence-electron chi connectivity index (χ3n) is 2.80. The number of hydrogen-bond donors (Lipinski definition) is 0. The Bertz CT molecular complexity index is 626. The maximum absolute atomic E-state index is 11.0. The minimum Gasteiger partial charge on any atom is -0.490 e. The van der Waals surface area contributed by atoms with Gasteiger partial charge in [0.05, 0.1) is 6.61 Å². The van der Waals surface area contributed by atoms with E-state index in [-0.39, 0.29) is 0 Å². The van der Waals surface area contributed by atoms with E-state index in [0.29, 0.717) is 34.7 Å². The van der Waals surface area contributed by atoms with Gasteiger partial charge in [-0.3, -0.25) is 4.79 Å². The number of ether oxygens (including phenoxy) is 2. The summed E-state index contributed by atoms with van der Waals surface area (Å²) in [5, 5.41) is 0. The maximum atomic E-state index is 11.0. The first-order valence-electron chi connectivity index (χ1n) is 6.42. The molecule has 21 heavy (non-hydrogen) atoms. The van der Waals surface area contributed by atoms with Crippen LogP contribution in [0.2, 0.25) is 0 Å². The van der Waals surface area contributed by atoms with E-state index in [9.17, 15) is 4.79 Å². The minimum absolute atomic E-state index is 0.448. The highest BCUT2D eigenvalue weighted by atomic mass is 127. The third kappa shape index (κ3) is 4.44. The van der Waals surface area contributed by atoms with E-state index >= 15 is 0 Å². The lowest BCUT2D eigenvalue weighted by atomic mass is 10.2. The smallest absolute Gasteiger partial charge is 0.162 e. The Morgan fingerprint density at radius 2 is 1.81 bits per heavy atom. The summed E-state index contributed by atoms with van der Waals surface area (Å²) >= 11 is 5.63. The second-order valence-corrected chi connectivity index (χ2v) is 6.39. The number of benzene rings is 2. The molecule has 5 heteroatoms. The standard InChI is InChI=1S/C16H14BrIO3/c1-2-20-15-7-12(9-19)14(17)8-16(15)21-10-11-3-5-13(18)6-4-11/h3-9H,2,10H2,1H3. The maximum Gasteiger partial charge on any atom is 0.162 e. The van der Waals surface area contributed by atoms with Crippen LogP contribution in [0.1, 0.15) is 22.8 Å². The van der Waals surface area contributed by atoms with Crippen molar-refractivity contribution in [2.45, 2.75) is 13.5 Å². The van der Waals surface area contributed by atoms with Crippen LogP contribution in [0.25, 0.3) is 0 Å². The Kier molecular flexibility index (Phi) is 6.05. The summed E-state index contributed by atoms with van der Waals surface area (Å²) in [6.45, 7) is 2.86.